The van der Waals surface area contributed by atoms with E-state index in [1.165, 1.54) is 17.5 Å². The average molecular weight is 402 g/mol. The highest BCUT2D eigenvalue weighted by Gasteiger charge is 2.49. The van der Waals surface area contributed by atoms with E-state index in [9.17, 15) is 4.79 Å². The minimum absolute atomic E-state index is 0.00139. The number of amides is 1. The molecule has 1 saturated heterocycles. The van der Waals surface area contributed by atoms with Crippen molar-refractivity contribution >= 4 is 5.91 Å². The van der Waals surface area contributed by atoms with Crippen LogP contribution >= 0.6 is 0 Å². The molecule has 1 amide bonds. The van der Waals surface area contributed by atoms with Crippen molar-refractivity contribution in [2.24, 2.45) is 11.8 Å². The summed E-state index contributed by atoms with van der Waals surface area (Å²) in [7, 11) is 1.64. The fraction of sp³-hybridized carbons (Fsp3) is 0.708. The van der Waals surface area contributed by atoms with Crippen LogP contribution in [0.2, 0.25) is 0 Å². The number of carbonyl (C=O) groups excluding carboxylic acids is 1. The van der Waals surface area contributed by atoms with E-state index in [1.54, 1.807) is 7.11 Å². The summed E-state index contributed by atoms with van der Waals surface area (Å²) in [6.45, 7) is 5.80. The number of nitrogens with one attached hydrogen (secondary N) is 1. The number of carbonyl (C=O) groups is 1. The van der Waals surface area contributed by atoms with Crippen LogP contribution in [0.1, 0.15) is 69.6 Å². The van der Waals surface area contributed by atoms with Crippen LogP contribution in [0.5, 0.6) is 5.75 Å². The fourth-order valence-electron chi connectivity index (χ4n) is 5.50. The van der Waals surface area contributed by atoms with Crippen LogP contribution in [0.4, 0.5) is 0 Å². The first-order valence-corrected chi connectivity index (χ1v) is 11.2. The van der Waals surface area contributed by atoms with E-state index in [-0.39, 0.29) is 23.7 Å². The van der Waals surface area contributed by atoms with Gasteiger partial charge in [-0.15, -0.1) is 0 Å². The Kier molecular flexibility index (Phi) is 6.16. The lowest BCUT2D eigenvalue weighted by molar-refractivity contribution is -0.154. The van der Waals surface area contributed by atoms with Crippen LogP contribution in [0.25, 0.3) is 0 Å². The summed E-state index contributed by atoms with van der Waals surface area (Å²) in [6.07, 6.45) is 6.91. The van der Waals surface area contributed by atoms with Crippen LogP contribution < -0.4 is 10.1 Å². The SMILES string of the molecule is COCCC(=O)N[C@]1(C)C[C@H](c2ccc3c(c2)CCCO3)O[C@@H]2C[C@H](C)CC[C@H]21. The monoisotopic (exact) mass is 401 g/mol. The third-order valence-corrected chi connectivity index (χ3v) is 7.08. The van der Waals surface area contributed by atoms with Gasteiger partial charge >= 0.3 is 0 Å². The molecule has 160 valence electrons. The Morgan fingerprint density at radius 1 is 1.34 bits per heavy atom. The zero-order valence-electron chi connectivity index (χ0n) is 18.0. The maximum absolute atomic E-state index is 12.6. The highest BCUT2D eigenvalue weighted by atomic mass is 16.5. The number of fused-ring (bicyclic) bond motifs is 2. The fourth-order valence-corrected chi connectivity index (χ4v) is 5.50. The van der Waals surface area contributed by atoms with Crippen molar-refractivity contribution in [2.45, 2.75) is 76.5 Å². The molecule has 4 rings (SSSR count). The molecule has 2 aliphatic heterocycles. The first-order chi connectivity index (χ1) is 14.0. The molecular weight excluding hydrogens is 366 g/mol. The molecule has 2 heterocycles. The summed E-state index contributed by atoms with van der Waals surface area (Å²) >= 11 is 0. The topological polar surface area (TPSA) is 56.8 Å². The summed E-state index contributed by atoms with van der Waals surface area (Å²) in [5, 5.41) is 3.38. The van der Waals surface area contributed by atoms with Crippen molar-refractivity contribution in [3.05, 3.63) is 29.3 Å². The highest BCUT2D eigenvalue weighted by Crippen LogP contribution is 2.48. The molecule has 1 aromatic rings. The van der Waals surface area contributed by atoms with Crippen molar-refractivity contribution in [3.63, 3.8) is 0 Å². The van der Waals surface area contributed by atoms with Gasteiger partial charge in [-0.1, -0.05) is 19.4 Å². The molecule has 29 heavy (non-hydrogen) atoms. The third kappa shape index (κ3) is 4.46. The minimum Gasteiger partial charge on any atom is -0.493 e. The van der Waals surface area contributed by atoms with Gasteiger partial charge < -0.3 is 19.5 Å². The second kappa shape index (κ2) is 8.65. The number of hydrogen-bond acceptors (Lipinski definition) is 4. The number of rotatable bonds is 5. The van der Waals surface area contributed by atoms with E-state index in [1.807, 2.05) is 0 Å². The summed E-state index contributed by atoms with van der Waals surface area (Å²) in [5.74, 6) is 2.12. The van der Waals surface area contributed by atoms with Crippen molar-refractivity contribution in [3.8, 4) is 5.75 Å². The van der Waals surface area contributed by atoms with E-state index in [2.05, 4.69) is 37.4 Å². The molecular formula is C24H35NO4. The average Bonchev–Trinajstić information content (AvgIpc) is 2.71. The second-order valence-corrected chi connectivity index (χ2v) is 9.42. The summed E-state index contributed by atoms with van der Waals surface area (Å²) < 4.78 is 17.6. The standard InChI is InChI=1S/C24H35NO4/c1-16-6-8-19-21(13-16)29-22(15-24(19,2)25-23(26)10-12-27-3)18-7-9-20-17(14-18)5-4-11-28-20/h7,9,14,16,19,21-22H,4-6,8,10-13,15H2,1-3H3,(H,25,26)/t16-,19-,21-,22-,24-/m1/s1. The number of ether oxygens (including phenoxy) is 3. The molecule has 0 bridgehead atoms. The molecule has 1 aliphatic carbocycles. The first-order valence-electron chi connectivity index (χ1n) is 11.2. The molecule has 2 fully saturated rings. The first kappa shape index (κ1) is 20.7. The van der Waals surface area contributed by atoms with Gasteiger partial charge in [0.1, 0.15) is 5.75 Å². The van der Waals surface area contributed by atoms with E-state index >= 15 is 0 Å². The Morgan fingerprint density at radius 3 is 3.03 bits per heavy atom. The van der Waals surface area contributed by atoms with Gasteiger partial charge in [-0.3, -0.25) is 4.79 Å². The van der Waals surface area contributed by atoms with Crippen LogP contribution in [0.15, 0.2) is 18.2 Å². The van der Waals surface area contributed by atoms with Gasteiger partial charge in [-0.25, -0.2) is 0 Å². The molecule has 0 unspecified atom stereocenters. The van der Waals surface area contributed by atoms with Gasteiger partial charge in [0.25, 0.3) is 0 Å². The van der Waals surface area contributed by atoms with Crippen LogP contribution in [-0.2, 0) is 20.7 Å². The molecule has 3 aliphatic rings. The van der Waals surface area contributed by atoms with Crippen molar-refractivity contribution in [1.82, 2.24) is 5.32 Å². The summed E-state index contributed by atoms with van der Waals surface area (Å²) in [4.78, 5) is 12.6. The molecule has 5 nitrogen and oxygen atoms in total. The normalized spacial score (nSPS) is 33.9. The number of aryl methyl sites for hydroxylation is 1. The summed E-state index contributed by atoms with van der Waals surface area (Å²) in [5.41, 5.74) is 2.23. The smallest absolute Gasteiger partial charge is 0.222 e. The second-order valence-electron chi connectivity index (χ2n) is 9.42. The lowest BCUT2D eigenvalue weighted by Crippen LogP contribution is -2.60. The molecule has 0 spiro atoms. The van der Waals surface area contributed by atoms with Crippen molar-refractivity contribution in [2.75, 3.05) is 20.3 Å². The van der Waals surface area contributed by atoms with E-state index in [0.717, 1.165) is 44.5 Å². The minimum atomic E-state index is -0.259. The Morgan fingerprint density at radius 2 is 2.21 bits per heavy atom. The highest BCUT2D eigenvalue weighted by molar-refractivity contribution is 5.77. The Labute approximate surface area is 174 Å². The van der Waals surface area contributed by atoms with Gasteiger partial charge in [0.15, 0.2) is 0 Å². The number of methoxy groups -OCH3 is 1. The van der Waals surface area contributed by atoms with Gasteiger partial charge in [0, 0.05) is 31.4 Å². The molecule has 5 heteroatoms. The van der Waals surface area contributed by atoms with Crippen LogP contribution in [0.3, 0.4) is 0 Å². The third-order valence-electron chi connectivity index (χ3n) is 7.08. The zero-order chi connectivity index (χ0) is 20.4. The lowest BCUT2D eigenvalue weighted by atomic mass is 9.66. The maximum atomic E-state index is 12.6. The predicted molar refractivity (Wildman–Crippen MR) is 112 cm³/mol. The lowest BCUT2D eigenvalue weighted by Gasteiger charge is -2.52. The molecule has 1 aromatic carbocycles. The van der Waals surface area contributed by atoms with Crippen molar-refractivity contribution < 1.29 is 19.0 Å². The number of hydrogen-bond donors (Lipinski definition) is 1. The van der Waals surface area contributed by atoms with Gasteiger partial charge in [-0.05, 0) is 61.8 Å². The predicted octanol–water partition coefficient (Wildman–Crippen LogP) is 4.19. The Hall–Kier alpha value is -1.59. The zero-order valence-corrected chi connectivity index (χ0v) is 18.0. The van der Waals surface area contributed by atoms with Gasteiger partial charge in [-0.2, -0.15) is 0 Å². The molecule has 1 N–H and O–H groups in total. The maximum Gasteiger partial charge on any atom is 0.222 e. The van der Waals surface area contributed by atoms with E-state index in [4.69, 9.17) is 14.2 Å². The molecule has 0 aromatic heterocycles. The largest absolute Gasteiger partial charge is 0.493 e. The van der Waals surface area contributed by atoms with E-state index < -0.39 is 0 Å². The van der Waals surface area contributed by atoms with Crippen LogP contribution in [-0.4, -0.2) is 37.9 Å². The van der Waals surface area contributed by atoms with Gasteiger partial charge in [0.05, 0.1) is 25.4 Å². The molecule has 0 radical (unpaired) electrons. The van der Waals surface area contributed by atoms with Crippen LogP contribution in [0, 0.1) is 11.8 Å². The quantitative estimate of drug-likeness (QED) is 0.804. The Balaban J connectivity index is 1.58. The number of benzene rings is 1. The molecule has 5 atom stereocenters. The van der Waals surface area contributed by atoms with Crippen molar-refractivity contribution in [1.29, 1.82) is 0 Å². The Bertz CT molecular complexity index is 736. The van der Waals surface area contributed by atoms with E-state index in [0.29, 0.717) is 24.9 Å². The molecule has 1 saturated carbocycles. The summed E-state index contributed by atoms with van der Waals surface area (Å²) in [6, 6.07) is 6.50. The van der Waals surface area contributed by atoms with Gasteiger partial charge in [0.2, 0.25) is 5.91 Å².